The van der Waals surface area contributed by atoms with Crippen LogP contribution in [-0.4, -0.2) is 43.6 Å². The van der Waals surface area contributed by atoms with Crippen molar-refractivity contribution >= 4 is 5.82 Å². The Morgan fingerprint density at radius 3 is 2.89 bits per heavy atom. The molecule has 2 aromatic heterocycles. The molecular weight excluding hydrogens is 244 g/mol. The van der Waals surface area contributed by atoms with E-state index in [1.54, 1.807) is 6.20 Å². The summed E-state index contributed by atoms with van der Waals surface area (Å²) in [5, 5.41) is 20.9. The second-order valence-electron chi connectivity index (χ2n) is 4.97. The quantitative estimate of drug-likeness (QED) is 0.807. The van der Waals surface area contributed by atoms with Gasteiger partial charge < -0.3 is 10.0 Å². The first-order chi connectivity index (χ1) is 9.07. The van der Waals surface area contributed by atoms with Gasteiger partial charge in [-0.25, -0.2) is 9.97 Å². The van der Waals surface area contributed by atoms with Crippen molar-refractivity contribution in [2.24, 2.45) is 0 Å². The number of rotatable bonds is 2. The van der Waals surface area contributed by atoms with Crippen LogP contribution in [0.1, 0.15) is 23.6 Å². The number of hydrogen-bond acceptors (Lipinski definition) is 6. The minimum absolute atomic E-state index is 0.468. The molecule has 0 bridgehead atoms. The van der Waals surface area contributed by atoms with Crippen molar-refractivity contribution in [3.8, 4) is 0 Å². The van der Waals surface area contributed by atoms with Gasteiger partial charge in [0.2, 0.25) is 0 Å². The van der Waals surface area contributed by atoms with Gasteiger partial charge in [0.1, 0.15) is 22.9 Å². The predicted molar refractivity (Wildman–Crippen MR) is 68.6 cm³/mol. The van der Waals surface area contributed by atoms with E-state index in [2.05, 4.69) is 30.3 Å². The highest BCUT2D eigenvalue weighted by Crippen LogP contribution is 2.32. The molecule has 100 valence electrons. The molecule has 19 heavy (non-hydrogen) atoms. The molecule has 7 nitrogen and oxygen atoms in total. The smallest absolute Gasteiger partial charge is 0.132 e. The number of anilines is 1. The van der Waals surface area contributed by atoms with E-state index >= 15 is 0 Å². The summed E-state index contributed by atoms with van der Waals surface area (Å²) in [6.45, 7) is 5.02. The molecular formula is C12H16N6O. The van der Waals surface area contributed by atoms with Gasteiger partial charge in [0.05, 0.1) is 12.7 Å². The van der Waals surface area contributed by atoms with Crippen LogP contribution in [-0.2, 0) is 5.60 Å². The molecule has 2 aromatic rings. The summed E-state index contributed by atoms with van der Waals surface area (Å²) in [6, 6.07) is 1.93. The number of β-amino-alcohol motifs (C(OH)–C–C–N with tert-alkyl or cyclic N) is 1. The molecule has 1 saturated heterocycles. The van der Waals surface area contributed by atoms with Crippen LogP contribution in [0.3, 0.4) is 0 Å². The summed E-state index contributed by atoms with van der Waals surface area (Å²) in [5.74, 6) is 1.59. The summed E-state index contributed by atoms with van der Waals surface area (Å²) in [6.07, 6.45) is 2.18. The molecule has 1 fully saturated rings. The molecule has 1 aliphatic rings. The molecule has 2 N–H and O–H groups in total. The number of hydrogen-bond donors (Lipinski definition) is 2. The Morgan fingerprint density at radius 2 is 2.21 bits per heavy atom. The van der Waals surface area contributed by atoms with Gasteiger partial charge >= 0.3 is 0 Å². The van der Waals surface area contributed by atoms with Crippen molar-refractivity contribution in [3.05, 3.63) is 29.5 Å². The summed E-state index contributed by atoms with van der Waals surface area (Å²) in [4.78, 5) is 10.7. The average molecular weight is 260 g/mol. The molecule has 0 unspecified atom stereocenters. The Bertz CT molecular complexity index is 564. The molecule has 0 radical (unpaired) electrons. The van der Waals surface area contributed by atoms with Gasteiger partial charge in [-0.1, -0.05) is 0 Å². The van der Waals surface area contributed by atoms with Gasteiger partial charge in [0.25, 0.3) is 0 Å². The lowest BCUT2D eigenvalue weighted by Gasteiger charge is -2.22. The van der Waals surface area contributed by atoms with Gasteiger partial charge in [0, 0.05) is 24.7 Å². The first-order valence-corrected chi connectivity index (χ1v) is 6.23. The fourth-order valence-electron chi connectivity index (χ4n) is 2.48. The zero-order valence-electron chi connectivity index (χ0n) is 11.0. The van der Waals surface area contributed by atoms with Crippen LogP contribution < -0.4 is 4.90 Å². The van der Waals surface area contributed by atoms with Crippen LogP contribution in [0, 0.1) is 13.8 Å². The normalized spacial score (nSPS) is 23.0. The van der Waals surface area contributed by atoms with Crippen LogP contribution in [0.4, 0.5) is 5.82 Å². The zero-order valence-corrected chi connectivity index (χ0v) is 11.0. The molecule has 0 saturated carbocycles. The Kier molecular flexibility index (Phi) is 2.70. The van der Waals surface area contributed by atoms with E-state index in [9.17, 15) is 5.11 Å². The Balaban J connectivity index is 1.86. The highest BCUT2D eigenvalue weighted by Gasteiger charge is 2.40. The second-order valence-corrected chi connectivity index (χ2v) is 4.97. The zero-order chi connectivity index (χ0) is 13.5. The number of nitrogens with one attached hydrogen (secondary N) is 1. The highest BCUT2D eigenvalue weighted by atomic mass is 16.3. The van der Waals surface area contributed by atoms with E-state index < -0.39 is 5.60 Å². The van der Waals surface area contributed by atoms with Gasteiger partial charge in [-0.15, -0.1) is 0 Å². The van der Waals surface area contributed by atoms with Gasteiger partial charge in [-0.2, -0.15) is 15.4 Å². The second kappa shape index (κ2) is 4.27. The van der Waals surface area contributed by atoms with Gasteiger partial charge in [0.15, 0.2) is 0 Å². The molecule has 0 aromatic carbocycles. The lowest BCUT2D eigenvalue weighted by molar-refractivity contribution is 0.0559. The third kappa shape index (κ3) is 2.17. The van der Waals surface area contributed by atoms with Crippen molar-refractivity contribution in [2.45, 2.75) is 25.9 Å². The lowest BCUT2D eigenvalue weighted by atomic mass is 10.0. The van der Waals surface area contributed by atoms with Gasteiger partial charge in [-0.3, -0.25) is 0 Å². The van der Waals surface area contributed by atoms with Crippen LogP contribution in [0.5, 0.6) is 0 Å². The van der Waals surface area contributed by atoms with Gasteiger partial charge in [-0.05, 0) is 13.8 Å². The average Bonchev–Trinajstić information content (AvgIpc) is 2.97. The van der Waals surface area contributed by atoms with Crippen LogP contribution in [0.25, 0.3) is 0 Å². The fourth-order valence-corrected chi connectivity index (χ4v) is 2.48. The lowest BCUT2D eigenvalue weighted by Crippen LogP contribution is -2.31. The van der Waals surface area contributed by atoms with Crippen LogP contribution in [0.2, 0.25) is 0 Å². The summed E-state index contributed by atoms with van der Waals surface area (Å²) in [5.41, 5.74) is 0.552. The Morgan fingerprint density at radius 1 is 1.37 bits per heavy atom. The number of H-pyrrole nitrogens is 1. The largest absolute Gasteiger partial charge is 0.381 e. The van der Waals surface area contributed by atoms with Crippen LogP contribution >= 0.6 is 0 Å². The number of nitrogens with zero attached hydrogens (tertiary/aromatic N) is 5. The maximum absolute atomic E-state index is 10.6. The number of aliphatic hydroxyl groups is 1. The first-order valence-electron chi connectivity index (χ1n) is 6.23. The minimum atomic E-state index is -0.959. The summed E-state index contributed by atoms with van der Waals surface area (Å²) in [7, 11) is 0. The number of aromatic amines is 1. The Hall–Kier alpha value is -2.02. The number of aryl methyl sites for hydroxylation is 2. The fraction of sp³-hybridized carbons (Fsp3) is 0.500. The van der Waals surface area contributed by atoms with Crippen molar-refractivity contribution in [1.82, 2.24) is 25.4 Å². The monoisotopic (exact) mass is 260 g/mol. The standard InChI is InChI=1S/C12H16N6O/c1-8-5-11(15-9(2)14-8)18-4-3-12(19,7-18)10-6-13-17-16-10/h5-6,19H,3-4,7H2,1-2H3,(H,13,16,17)/t12-/m0/s1. The molecule has 0 amide bonds. The molecule has 3 rings (SSSR count). The molecule has 1 aliphatic heterocycles. The van der Waals surface area contributed by atoms with E-state index in [0.717, 1.165) is 23.9 Å². The predicted octanol–water partition coefficient (Wildman–Crippen LogP) is 0.309. The Labute approximate surface area is 110 Å². The van der Waals surface area contributed by atoms with Crippen molar-refractivity contribution in [3.63, 3.8) is 0 Å². The summed E-state index contributed by atoms with van der Waals surface area (Å²) < 4.78 is 0. The maximum atomic E-state index is 10.6. The maximum Gasteiger partial charge on any atom is 0.132 e. The molecule has 0 aliphatic carbocycles. The van der Waals surface area contributed by atoms with E-state index in [0.29, 0.717) is 18.7 Å². The molecule has 7 heteroatoms. The van der Waals surface area contributed by atoms with E-state index in [4.69, 9.17) is 0 Å². The van der Waals surface area contributed by atoms with E-state index in [-0.39, 0.29) is 0 Å². The number of aromatic nitrogens is 5. The third-order valence-corrected chi connectivity index (χ3v) is 3.42. The van der Waals surface area contributed by atoms with E-state index in [1.807, 2.05) is 19.9 Å². The molecule has 1 atom stereocenters. The third-order valence-electron chi connectivity index (χ3n) is 3.42. The topological polar surface area (TPSA) is 90.8 Å². The van der Waals surface area contributed by atoms with Crippen molar-refractivity contribution < 1.29 is 5.11 Å². The van der Waals surface area contributed by atoms with Crippen LogP contribution in [0.15, 0.2) is 12.3 Å². The van der Waals surface area contributed by atoms with E-state index in [1.165, 1.54) is 0 Å². The minimum Gasteiger partial charge on any atom is -0.381 e. The molecule has 0 spiro atoms. The van der Waals surface area contributed by atoms with Crippen molar-refractivity contribution in [1.29, 1.82) is 0 Å². The molecule has 3 heterocycles. The first kappa shape index (κ1) is 12.0. The highest BCUT2D eigenvalue weighted by molar-refractivity contribution is 5.42. The SMILES string of the molecule is Cc1cc(N2CC[C@@](O)(c3cn[nH]n3)C2)nc(C)n1. The van der Waals surface area contributed by atoms with Crippen molar-refractivity contribution in [2.75, 3.05) is 18.0 Å². The summed E-state index contributed by atoms with van der Waals surface area (Å²) >= 11 is 0.